The van der Waals surface area contributed by atoms with Gasteiger partial charge >= 0.3 is 0 Å². The number of piperazine rings is 1. The van der Waals surface area contributed by atoms with Gasteiger partial charge in [-0.2, -0.15) is 0 Å². The lowest BCUT2D eigenvalue weighted by molar-refractivity contribution is -0.136. The van der Waals surface area contributed by atoms with Crippen LogP contribution in [0, 0.1) is 11.7 Å². The van der Waals surface area contributed by atoms with Crippen molar-refractivity contribution in [3.63, 3.8) is 0 Å². The summed E-state index contributed by atoms with van der Waals surface area (Å²) in [5, 5.41) is 0. The van der Waals surface area contributed by atoms with Gasteiger partial charge in [0.25, 0.3) is 0 Å². The number of amides is 1. The van der Waals surface area contributed by atoms with Crippen LogP contribution >= 0.6 is 0 Å². The number of halogens is 1. The van der Waals surface area contributed by atoms with Gasteiger partial charge in [-0.1, -0.05) is 36.4 Å². The Morgan fingerprint density at radius 1 is 0.972 bits per heavy atom. The van der Waals surface area contributed by atoms with Crippen molar-refractivity contribution in [2.24, 2.45) is 11.7 Å². The Morgan fingerprint density at radius 3 is 2.33 bits per heavy atom. The summed E-state index contributed by atoms with van der Waals surface area (Å²) in [5.41, 5.74) is 8.44. The van der Waals surface area contributed by atoms with Crippen molar-refractivity contribution in [2.45, 2.75) is 51.8 Å². The Balaban J connectivity index is 1.22. The summed E-state index contributed by atoms with van der Waals surface area (Å²) in [6.45, 7) is 10.0. The molecule has 2 N–H and O–H groups in total. The third kappa shape index (κ3) is 7.05. The summed E-state index contributed by atoms with van der Waals surface area (Å²) in [6.07, 6.45) is 2.97. The molecule has 2 saturated heterocycles. The fraction of sp³-hybridized carbons (Fsp3) is 0.552. The summed E-state index contributed by atoms with van der Waals surface area (Å²) >= 11 is 0. The maximum Gasteiger partial charge on any atom is 0.239 e. The summed E-state index contributed by atoms with van der Waals surface area (Å²) in [6, 6.07) is 15.1. The second-order valence-electron chi connectivity index (χ2n) is 10.4. The zero-order valence-electron chi connectivity index (χ0n) is 21.7. The average Bonchev–Trinajstić information content (AvgIpc) is 2.89. The van der Waals surface area contributed by atoms with Crippen molar-refractivity contribution in [2.75, 3.05) is 45.8 Å². The van der Waals surface area contributed by atoms with Gasteiger partial charge in [0.05, 0.1) is 12.1 Å². The van der Waals surface area contributed by atoms with Gasteiger partial charge < -0.3 is 20.3 Å². The van der Waals surface area contributed by atoms with E-state index in [4.69, 9.17) is 10.5 Å². The summed E-state index contributed by atoms with van der Waals surface area (Å²) < 4.78 is 20.4. The maximum atomic E-state index is 14.5. The highest BCUT2D eigenvalue weighted by atomic mass is 19.1. The van der Waals surface area contributed by atoms with Crippen molar-refractivity contribution in [1.29, 1.82) is 0 Å². The first-order chi connectivity index (χ1) is 17.4. The normalized spacial score (nSPS) is 19.0. The number of nitrogens with zero attached hydrogens (tertiary/aromatic N) is 3. The van der Waals surface area contributed by atoms with Crippen LogP contribution in [0.2, 0.25) is 0 Å². The number of benzene rings is 2. The molecule has 2 aromatic carbocycles. The highest BCUT2D eigenvalue weighted by molar-refractivity contribution is 5.82. The third-order valence-corrected chi connectivity index (χ3v) is 7.49. The largest absolute Gasteiger partial charge is 0.491 e. The van der Waals surface area contributed by atoms with Gasteiger partial charge in [-0.05, 0) is 69.8 Å². The quantitative estimate of drug-likeness (QED) is 0.576. The van der Waals surface area contributed by atoms with Gasteiger partial charge in [0.2, 0.25) is 5.91 Å². The first-order valence-electron chi connectivity index (χ1n) is 13.4. The van der Waals surface area contributed by atoms with E-state index in [2.05, 4.69) is 40.1 Å². The molecule has 0 saturated carbocycles. The minimum atomic E-state index is -0.439. The number of rotatable bonds is 9. The number of carbonyl (C=O) groups is 1. The maximum absolute atomic E-state index is 14.5. The summed E-state index contributed by atoms with van der Waals surface area (Å²) in [4.78, 5) is 19.7. The molecule has 2 aliphatic rings. The third-order valence-electron chi connectivity index (χ3n) is 7.49. The molecule has 0 spiro atoms. The van der Waals surface area contributed by atoms with Gasteiger partial charge in [0.1, 0.15) is 11.6 Å². The number of nitrogens with two attached hydrogens (primary N) is 1. The molecule has 1 amide bonds. The molecule has 196 valence electrons. The molecule has 36 heavy (non-hydrogen) atoms. The van der Waals surface area contributed by atoms with Crippen molar-refractivity contribution in [1.82, 2.24) is 14.7 Å². The number of hydrogen-bond donors (Lipinski definition) is 1. The van der Waals surface area contributed by atoms with Gasteiger partial charge in [-0.3, -0.25) is 9.69 Å². The molecule has 1 atom stereocenters. The van der Waals surface area contributed by atoms with E-state index in [9.17, 15) is 9.18 Å². The number of piperidine rings is 1. The van der Waals surface area contributed by atoms with Gasteiger partial charge in [-0.25, -0.2) is 4.39 Å². The van der Waals surface area contributed by atoms with E-state index in [-0.39, 0.29) is 23.7 Å². The molecule has 7 heteroatoms. The number of hydrogen-bond acceptors (Lipinski definition) is 5. The van der Waals surface area contributed by atoms with E-state index >= 15 is 0 Å². The zero-order valence-corrected chi connectivity index (χ0v) is 21.7. The molecule has 2 heterocycles. The van der Waals surface area contributed by atoms with E-state index in [1.807, 2.05) is 24.8 Å². The SMILES string of the molecule is CC(C)Oc1cccc(F)c1CN1CCN(C(=O)[C@H](N)C2CCN(CCc3ccccc3)CC2)CC1. The van der Waals surface area contributed by atoms with Crippen LogP contribution < -0.4 is 10.5 Å². The highest BCUT2D eigenvalue weighted by Crippen LogP contribution is 2.26. The Bertz CT molecular complexity index is 970. The van der Waals surface area contributed by atoms with Gasteiger partial charge in [0.15, 0.2) is 0 Å². The van der Waals surface area contributed by atoms with E-state index in [0.29, 0.717) is 44.0 Å². The van der Waals surface area contributed by atoms with E-state index in [0.717, 1.165) is 38.9 Å². The average molecular weight is 497 g/mol. The van der Waals surface area contributed by atoms with Crippen LogP contribution in [-0.2, 0) is 17.8 Å². The molecule has 0 bridgehead atoms. The summed E-state index contributed by atoms with van der Waals surface area (Å²) in [7, 11) is 0. The number of ether oxygens (including phenoxy) is 1. The van der Waals surface area contributed by atoms with Crippen LogP contribution in [0.25, 0.3) is 0 Å². The molecule has 4 rings (SSSR count). The first-order valence-corrected chi connectivity index (χ1v) is 13.4. The van der Waals surface area contributed by atoms with E-state index < -0.39 is 6.04 Å². The molecule has 0 aromatic heterocycles. The molecule has 2 aromatic rings. The lowest BCUT2D eigenvalue weighted by atomic mass is 9.88. The summed E-state index contributed by atoms with van der Waals surface area (Å²) in [5.74, 6) is 0.647. The fourth-order valence-electron chi connectivity index (χ4n) is 5.29. The topological polar surface area (TPSA) is 62.0 Å². The van der Waals surface area contributed by atoms with Crippen molar-refractivity contribution in [3.8, 4) is 5.75 Å². The predicted molar refractivity (Wildman–Crippen MR) is 141 cm³/mol. The minimum Gasteiger partial charge on any atom is -0.491 e. The van der Waals surface area contributed by atoms with Crippen molar-refractivity contribution < 1.29 is 13.9 Å². The highest BCUT2D eigenvalue weighted by Gasteiger charge is 2.33. The number of carbonyl (C=O) groups excluding carboxylic acids is 1. The Kier molecular flexibility index (Phi) is 9.35. The lowest BCUT2D eigenvalue weighted by Crippen LogP contribution is -2.55. The Hall–Kier alpha value is -2.48. The van der Waals surface area contributed by atoms with Crippen LogP contribution in [0.5, 0.6) is 5.75 Å². The smallest absolute Gasteiger partial charge is 0.239 e. The predicted octanol–water partition coefficient (Wildman–Crippen LogP) is 3.54. The minimum absolute atomic E-state index is 0.0164. The van der Waals surface area contributed by atoms with Crippen LogP contribution in [-0.4, -0.2) is 78.6 Å². The molecular formula is C29H41FN4O2. The monoisotopic (exact) mass is 496 g/mol. The van der Waals surface area contributed by atoms with Crippen LogP contribution in [0.1, 0.15) is 37.8 Å². The van der Waals surface area contributed by atoms with Crippen molar-refractivity contribution in [3.05, 3.63) is 65.5 Å². The van der Waals surface area contributed by atoms with Crippen LogP contribution in [0.4, 0.5) is 4.39 Å². The van der Waals surface area contributed by atoms with Gasteiger partial charge in [-0.15, -0.1) is 0 Å². The van der Waals surface area contributed by atoms with Crippen molar-refractivity contribution >= 4 is 5.91 Å². The lowest BCUT2D eigenvalue weighted by Gasteiger charge is -2.39. The van der Waals surface area contributed by atoms with Gasteiger partial charge in [0, 0.05) is 44.8 Å². The van der Waals surface area contributed by atoms with E-state index in [1.54, 1.807) is 6.07 Å². The van der Waals surface area contributed by atoms with E-state index in [1.165, 1.54) is 11.6 Å². The Labute approximate surface area is 215 Å². The molecule has 6 nitrogen and oxygen atoms in total. The molecular weight excluding hydrogens is 455 g/mol. The number of likely N-dealkylation sites (tertiary alicyclic amines) is 1. The zero-order chi connectivity index (χ0) is 25.5. The molecule has 2 fully saturated rings. The molecule has 2 aliphatic heterocycles. The Morgan fingerprint density at radius 2 is 1.67 bits per heavy atom. The second kappa shape index (κ2) is 12.7. The van der Waals surface area contributed by atoms with Crippen LogP contribution in [0.3, 0.4) is 0 Å². The first kappa shape index (κ1) is 26.6. The second-order valence-corrected chi connectivity index (χ2v) is 10.4. The fourth-order valence-corrected chi connectivity index (χ4v) is 5.29. The van der Waals surface area contributed by atoms with Crippen LogP contribution in [0.15, 0.2) is 48.5 Å². The molecule has 0 radical (unpaired) electrons. The standard InChI is InChI=1S/C29H41FN4O2/c1-22(2)36-27-10-6-9-26(30)25(27)21-33-17-19-34(20-18-33)29(35)28(31)24-12-15-32(16-13-24)14-11-23-7-4-3-5-8-23/h3-10,22,24,28H,11-21,31H2,1-2H3/t28-/m1/s1. The molecule has 0 aliphatic carbocycles. The molecule has 0 unspecified atom stereocenters.